The molecule has 0 saturated carbocycles. The van der Waals surface area contributed by atoms with Crippen LogP contribution >= 0.6 is 46.4 Å². The molecule has 1 aromatic carbocycles. The lowest BCUT2D eigenvalue weighted by molar-refractivity contribution is 1.29. The van der Waals surface area contributed by atoms with Gasteiger partial charge in [-0.15, -0.1) is 0 Å². The third kappa shape index (κ3) is 1.81. The molecule has 7 heteroatoms. The number of hydrogen-bond acceptors (Lipinski definition) is 3. The fraction of sp³-hybridized carbons (Fsp3) is 0. The van der Waals surface area contributed by atoms with Crippen LogP contribution in [0.1, 0.15) is 0 Å². The van der Waals surface area contributed by atoms with Crippen LogP contribution in [-0.4, -0.2) is 9.97 Å². The van der Waals surface area contributed by atoms with Crippen molar-refractivity contribution in [2.24, 2.45) is 0 Å². The standard InChI is InChI=1S/C8H3Cl4N3/c9-2-1-3-6(5(13)4(2)10)15-8(12)7(11)14-3/h1H,13H2. The summed E-state index contributed by atoms with van der Waals surface area (Å²) in [5.74, 6) is 0. The summed E-state index contributed by atoms with van der Waals surface area (Å²) in [5.41, 5.74) is 6.80. The van der Waals surface area contributed by atoms with E-state index in [1.807, 2.05) is 0 Å². The summed E-state index contributed by atoms with van der Waals surface area (Å²) < 4.78 is 0. The zero-order valence-electron chi connectivity index (χ0n) is 7.06. The van der Waals surface area contributed by atoms with Crippen LogP contribution < -0.4 is 5.73 Å². The second-order valence-electron chi connectivity index (χ2n) is 2.76. The summed E-state index contributed by atoms with van der Waals surface area (Å²) in [6.45, 7) is 0. The van der Waals surface area contributed by atoms with Gasteiger partial charge in [0.25, 0.3) is 0 Å². The second kappa shape index (κ2) is 3.83. The van der Waals surface area contributed by atoms with Crippen molar-refractivity contribution in [2.45, 2.75) is 0 Å². The van der Waals surface area contributed by atoms with Gasteiger partial charge in [0.05, 0.1) is 21.2 Å². The van der Waals surface area contributed by atoms with Gasteiger partial charge in [-0.05, 0) is 6.07 Å². The van der Waals surface area contributed by atoms with Crippen molar-refractivity contribution < 1.29 is 0 Å². The smallest absolute Gasteiger partial charge is 0.167 e. The average Bonchev–Trinajstić information content (AvgIpc) is 2.19. The number of hydrogen-bond donors (Lipinski definition) is 1. The fourth-order valence-electron chi connectivity index (χ4n) is 1.12. The van der Waals surface area contributed by atoms with Crippen LogP contribution in [0.25, 0.3) is 11.0 Å². The van der Waals surface area contributed by atoms with Crippen molar-refractivity contribution in [2.75, 3.05) is 5.73 Å². The maximum atomic E-state index is 5.85. The Morgan fingerprint density at radius 2 is 1.60 bits per heavy atom. The first kappa shape index (κ1) is 11.0. The molecule has 3 nitrogen and oxygen atoms in total. The Hall–Kier alpha value is -0.480. The molecule has 0 aliphatic carbocycles. The lowest BCUT2D eigenvalue weighted by Crippen LogP contribution is -1.95. The highest BCUT2D eigenvalue weighted by Gasteiger charge is 2.12. The summed E-state index contributed by atoms with van der Waals surface area (Å²) in [4.78, 5) is 7.97. The molecule has 0 saturated heterocycles. The Kier molecular flexibility index (Phi) is 2.81. The van der Waals surface area contributed by atoms with Crippen molar-refractivity contribution in [1.29, 1.82) is 0 Å². The van der Waals surface area contributed by atoms with Crippen molar-refractivity contribution in [3.05, 3.63) is 26.4 Å². The van der Waals surface area contributed by atoms with Gasteiger partial charge in [-0.25, -0.2) is 9.97 Å². The zero-order chi connectivity index (χ0) is 11.2. The number of nitrogen functional groups attached to an aromatic ring is 1. The third-order valence-electron chi connectivity index (χ3n) is 1.81. The number of rotatable bonds is 0. The molecule has 2 aromatic rings. The normalized spacial score (nSPS) is 10.9. The molecular weight excluding hydrogens is 280 g/mol. The summed E-state index contributed by atoms with van der Waals surface area (Å²) >= 11 is 23.1. The van der Waals surface area contributed by atoms with Crippen LogP contribution in [0.2, 0.25) is 20.4 Å². The van der Waals surface area contributed by atoms with Gasteiger partial charge in [0.2, 0.25) is 0 Å². The highest BCUT2D eigenvalue weighted by molar-refractivity contribution is 6.45. The summed E-state index contributed by atoms with van der Waals surface area (Å²) in [6, 6.07) is 1.53. The van der Waals surface area contributed by atoms with E-state index in [4.69, 9.17) is 52.1 Å². The van der Waals surface area contributed by atoms with Gasteiger partial charge in [-0.3, -0.25) is 0 Å². The first-order valence-electron chi connectivity index (χ1n) is 3.77. The Bertz CT molecular complexity index is 550. The molecule has 78 valence electrons. The Morgan fingerprint density at radius 1 is 1.00 bits per heavy atom. The van der Waals surface area contributed by atoms with Crippen LogP contribution in [0.15, 0.2) is 6.07 Å². The second-order valence-corrected chi connectivity index (χ2v) is 4.26. The van der Waals surface area contributed by atoms with Gasteiger partial charge in [0, 0.05) is 0 Å². The van der Waals surface area contributed by atoms with E-state index in [9.17, 15) is 0 Å². The number of aromatic nitrogens is 2. The van der Waals surface area contributed by atoms with Gasteiger partial charge >= 0.3 is 0 Å². The quantitative estimate of drug-likeness (QED) is 0.747. The van der Waals surface area contributed by atoms with E-state index in [2.05, 4.69) is 9.97 Å². The van der Waals surface area contributed by atoms with Gasteiger partial charge in [0.15, 0.2) is 10.3 Å². The van der Waals surface area contributed by atoms with Gasteiger partial charge in [-0.1, -0.05) is 46.4 Å². The van der Waals surface area contributed by atoms with Crippen LogP contribution in [-0.2, 0) is 0 Å². The molecule has 0 fully saturated rings. The summed E-state index contributed by atoms with van der Waals surface area (Å²) in [7, 11) is 0. The molecule has 1 aromatic heterocycles. The molecule has 0 aliphatic rings. The lowest BCUT2D eigenvalue weighted by Gasteiger charge is -2.05. The van der Waals surface area contributed by atoms with Crippen molar-refractivity contribution >= 4 is 63.1 Å². The van der Waals surface area contributed by atoms with E-state index < -0.39 is 0 Å². The van der Waals surface area contributed by atoms with Gasteiger partial charge < -0.3 is 5.73 Å². The molecule has 0 radical (unpaired) electrons. The van der Waals surface area contributed by atoms with Crippen LogP contribution in [0, 0.1) is 0 Å². The molecule has 0 atom stereocenters. The topological polar surface area (TPSA) is 51.8 Å². The lowest BCUT2D eigenvalue weighted by atomic mass is 10.2. The van der Waals surface area contributed by atoms with E-state index in [1.165, 1.54) is 6.07 Å². The van der Waals surface area contributed by atoms with Crippen LogP contribution in [0.3, 0.4) is 0 Å². The number of fused-ring (bicyclic) bond motifs is 1. The predicted octanol–water partition coefficient (Wildman–Crippen LogP) is 3.83. The van der Waals surface area contributed by atoms with Gasteiger partial charge in [0.1, 0.15) is 5.52 Å². The first-order chi connectivity index (χ1) is 7.00. The summed E-state index contributed by atoms with van der Waals surface area (Å²) in [6.07, 6.45) is 0. The number of nitrogens with zero attached hydrogens (tertiary/aromatic N) is 2. The molecule has 0 amide bonds. The molecular formula is C8H3Cl4N3. The number of benzene rings is 1. The van der Waals surface area contributed by atoms with E-state index in [1.54, 1.807) is 0 Å². The molecule has 2 rings (SSSR count). The minimum atomic E-state index is 0.0780. The largest absolute Gasteiger partial charge is 0.396 e. The highest BCUT2D eigenvalue weighted by Crippen LogP contribution is 2.35. The molecule has 1 heterocycles. The molecule has 0 bridgehead atoms. The minimum absolute atomic E-state index is 0.0780. The SMILES string of the molecule is Nc1c(Cl)c(Cl)cc2nc(Cl)c(Cl)nc12. The Morgan fingerprint density at radius 3 is 2.27 bits per heavy atom. The molecule has 0 unspecified atom stereocenters. The zero-order valence-corrected chi connectivity index (χ0v) is 10.1. The van der Waals surface area contributed by atoms with E-state index in [0.29, 0.717) is 16.1 Å². The maximum Gasteiger partial charge on any atom is 0.167 e. The highest BCUT2D eigenvalue weighted by atomic mass is 35.5. The van der Waals surface area contributed by atoms with Crippen molar-refractivity contribution in [3.8, 4) is 0 Å². The fourth-order valence-corrected chi connectivity index (χ4v) is 1.73. The Balaban J connectivity index is 2.93. The van der Waals surface area contributed by atoms with E-state index in [-0.39, 0.29) is 21.0 Å². The number of nitrogens with two attached hydrogens (primary N) is 1. The number of anilines is 1. The molecule has 15 heavy (non-hydrogen) atoms. The van der Waals surface area contributed by atoms with Crippen LogP contribution in [0.4, 0.5) is 5.69 Å². The molecule has 2 N–H and O–H groups in total. The third-order valence-corrected chi connectivity index (χ3v) is 3.23. The predicted molar refractivity (Wildman–Crippen MR) is 64.0 cm³/mol. The first-order valence-corrected chi connectivity index (χ1v) is 5.28. The monoisotopic (exact) mass is 281 g/mol. The minimum Gasteiger partial charge on any atom is -0.396 e. The summed E-state index contributed by atoms with van der Waals surface area (Å²) in [5, 5.41) is 0.711. The van der Waals surface area contributed by atoms with E-state index >= 15 is 0 Å². The van der Waals surface area contributed by atoms with Gasteiger partial charge in [-0.2, -0.15) is 0 Å². The Labute approximate surface area is 105 Å². The van der Waals surface area contributed by atoms with Crippen molar-refractivity contribution in [3.63, 3.8) is 0 Å². The molecule has 0 spiro atoms. The number of halogens is 4. The van der Waals surface area contributed by atoms with E-state index in [0.717, 1.165) is 0 Å². The van der Waals surface area contributed by atoms with Crippen LogP contribution in [0.5, 0.6) is 0 Å². The van der Waals surface area contributed by atoms with Crippen molar-refractivity contribution in [1.82, 2.24) is 9.97 Å². The average molecular weight is 283 g/mol. The molecule has 0 aliphatic heterocycles. The maximum absolute atomic E-state index is 5.85.